The Hall–Kier alpha value is -0.150. The van der Waals surface area contributed by atoms with E-state index in [2.05, 4.69) is 10.6 Å². The molecule has 0 spiro atoms. The minimum absolute atomic E-state index is 0.194. The molecule has 0 aliphatic carbocycles. The van der Waals surface area contributed by atoms with Gasteiger partial charge in [0, 0.05) is 25.0 Å². The Labute approximate surface area is 61.2 Å². The van der Waals surface area contributed by atoms with E-state index in [1.54, 1.807) is 0 Å². The Morgan fingerprint density at radius 1 is 1.60 bits per heavy atom. The highest BCUT2D eigenvalue weighted by Crippen LogP contribution is 2.08. The van der Waals surface area contributed by atoms with Crippen LogP contribution in [-0.4, -0.2) is 32.4 Å². The molecule has 1 aliphatic heterocycles. The standard InChI is InChI=1S/C7H15FN2/c1-2-10-7-5-9-4-6(7)3-8/h6-7,9-10H,2-5H2,1H3. The van der Waals surface area contributed by atoms with E-state index in [0.717, 1.165) is 19.6 Å². The molecule has 0 amide bonds. The fourth-order valence-electron chi connectivity index (χ4n) is 1.40. The summed E-state index contributed by atoms with van der Waals surface area (Å²) >= 11 is 0. The summed E-state index contributed by atoms with van der Waals surface area (Å²) in [5, 5.41) is 6.40. The van der Waals surface area contributed by atoms with Gasteiger partial charge in [-0.05, 0) is 6.54 Å². The van der Waals surface area contributed by atoms with E-state index >= 15 is 0 Å². The molecule has 1 saturated heterocycles. The fraction of sp³-hybridized carbons (Fsp3) is 1.00. The summed E-state index contributed by atoms with van der Waals surface area (Å²) < 4.78 is 12.2. The second kappa shape index (κ2) is 3.88. The van der Waals surface area contributed by atoms with E-state index in [0.29, 0.717) is 6.04 Å². The van der Waals surface area contributed by atoms with Gasteiger partial charge in [-0.25, -0.2) is 0 Å². The molecule has 0 aromatic heterocycles. The predicted molar refractivity (Wildman–Crippen MR) is 39.8 cm³/mol. The van der Waals surface area contributed by atoms with E-state index in [-0.39, 0.29) is 12.6 Å². The summed E-state index contributed by atoms with van der Waals surface area (Å²) in [6, 6.07) is 0.356. The van der Waals surface area contributed by atoms with Crippen LogP contribution in [0.15, 0.2) is 0 Å². The number of hydrogen-bond acceptors (Lipinski definition) is 2. The third-order valence-electron chi connectivity index (χ3n) is 2.00. The van der Waals surface area contributed by atoms with Gasteiger partial charge in [0.25, 0.3) is 0 Å². The first kappa shape index (κ1) is 7.95. The van der Waals surface area contributed by atoms with Crippen molar-refractivity contribution in [2.24, 2.45) is 5.92 Å². The zero-order valence-electron chi connectivity index (χ0n) is 6.36. The van der Waals surface area contributed by atoms with Crippen molar-refractivity contribution in [1.82, 2.24) is 10.6 Å². The molecule has 2 atom stereocenters. The van der Waals surface area contributed by atoms with Gasteiger partial charge in [-0.3, -0.25) is 4.39 Å². The van der Waals surface area contributed by atoms with Crippen molar-refractivity contribution in [1.29, 1.82) is 0 Å². The monoisotopic (exact) mass is 146 g/mol. The van der Waals surface area contributed by atoms with Gasteiger partial charge >= 0.3 is 0 Å². The van der Waals surface area contributed by atoms with Crippen LogP contribution in [-0.2, 0) is 0 Å². The molecule has 1 heterocycles. The largest absolute Gasteiger partial charge is 0.315 e. The lowest BCUT2D eigenvalue weighted by atomic mass is 10.1. The lowest BCUT2D eigenvalue weighted by Crippen LogP contribution is -2.36. The first-order valence-corrected chi connectivity index (χ1v) is 3.88. The van der Waals surface area contributed by atoms with Crippen LogP contribution in [0.25, 0.3) is 0 Å². The van der Waals surface area contributed by atoms with Gasteiger partial charge in [-0.2, -0.15) is 0 Å². The summed E-state index contributed by atoms with van der Waals surface area (Å²) in [7, 11) is 0. The first-order chi connectivity index (χ1) is 4.88. The van der Waals surface area contributed by atoms with Gasteiger partial charge in [0.2, 0.25) is 0 Å². The molecule has 0 aromatic carbocycles. The number of nitrogens with one attached hydrogen (secondary N) is 2. The Balaban J connectivity index is 2.27. The zero-order valence-corrected chi connectivity index (χ0v) is 6.36. The van der Waals surface area contributed by atoms with Crippen molar-refractivity contribution in [3.8, 4) is 0 Å². The van der Waals surface area contributed by atoms with Crippen molar-refractivity contribution in [2.45, 2.75) is 13.0 Å². The molecule has 0 radical (unpaired) electrons. The van der Waals surface area contributed by atoms with Crippen molar-refractivity contribution >= 4 is 0 Å². The second-order valence-corrected chi connectivity index (χ2v) is 2.74. The molecular formula is C7H15FN2. The first-order valence-electron chi connectivity index (χ1n) is 3.88. The van der Waals surface area contributed by atoms with Crippen LogP contribution in [0.1, 0.15) is 6.92 Å². The van der Waals surface area contributed by atoms with Gasteiger partial charge in [0.1, 0.15) is 0 Å². The molecule has 2 N–H and O–H groups in total. The maximum Gasteiger partial charge on any atom is 0.0950 e. The number of alkyl halides is 1. The summed E-state index contributed by atoms with van der Waals surface area (Å²) in [4.78, 5) is 0. The van der Waals surface area contributed by atoms with Gasteiger partial charge in [0.15, 0.2) is 0 Å². The van der Waals surface area contributed by atoms with Crippen LogP contribution in [0.2, 0.25) is 0 Å². The van der Waals surface area contributed by atoms with Gasteiger partial charge in [-0.15, -0.1) is 0 Å². The van der Waals surface area contributed by atoms with Gasteiger partial charge in [0.05, 0.1) is 6.67 Å². The molecule has 0 saturated carbocycles. The highest BCUT2D eigenvalue weighted by atomic mass is 19.1. The number of likely N-dealkylation sites (N-methyl/N-ethyl adjacent to an activating group) is 1. The number of rotatable bonds is 3. The summed E-state index contributed by atoms with van der Waals surface area (Å²) in [5.74, 6) is 0.194. The van der Waals surface area contributed by atoms with E-state index in [1.807, 2.05) is 6.92 Å². The Kier molecular flexibility index (Phi) is 3.09. The van der Waals surface area contributed by atoms with Crippen LogP contribution in [0, 0.1) is 5.92 Å². The minimum atomic E-state index is -0.204. The Bertz CT molecular complexity index is 97.6. The van der Waals surface area contributed by atoms with Crippen molar-refractivity contribution in [3.05, 3.63) is 0 Å². The molecule has 60 valence electrons. The Morgan fingerprint density at radius 3 is 3.00 bits per heavy atom. The highest BCUT2D eigenvalue weighted by Gasteiger charge is 2.25. The van der Waals surface area contributed by atoms with E-state index < -0.39 is 0 Å². The van der Waals surface area contributed by atoms with E-state index in [4.69, 9.17) is 0 Å². The summed E-state index contributed by atoms with van der Waals surface area (Å²) in [6.07, 6.45) is 0. The smallest absolute Gasteiger partial charge is 0.0950 e. The van der Waals surface area contributed by atoms with Crippen LogP contribution < -0.4 is 10.6 Å². The van der Waals surface area contributed by atoms with Crippen LogP contribution >= 0.6 is 0 Å². The highest BCUT2D eigenvalue weighted by molar-refractivity contribution is 4.85. The quantitative estimate of drug-likeness (QED) is 0.592. The number of halogens is 1. The fourth-order valence-corrected chi connectivity index (χ4v) is 1.40. The molecule has 2 nitrogen and oxygen atoms in total. The van der Waals surface area contributed by atoms with Crippen molar-refractivity contribution in [2.75, 3.05) is 26.3 Å². The maximum absolute atomic E-state index is 12.2. The van der Waals surface area contributed by atoms with Crippen LogP contribution in [0.3, 0.4) is 0 Å². The molecule has 1 rings (SSSR count). The number of hydrogen-bond donors (Lipinski definition) is 2. The van der Waals surface area contributed by atoms with Crippen molar-refractivity contribution < 1.29 is 4.39 Å². The zero-order chi connectivity index (χ0) is 7.40. The van der Waals surface area contributed by atoms with Gasteiger partial charge < -0.3 is 10.6 Å². The summed E-state index contributed by atoms with van der Waals surface area (Å²) in [6.45, 7) is 4.53. The molecule has 0 aromatic rings. The maximum atomic E-state index is 12.2. The van der Waals surface area contributed by atoms with Crippen LogP contribution in [0.5, 0.6) is 0 Å². The van der Waals surface area contributed by atoms with E-state index in [1.165, 1.54) is 0 Å². The van der Waals surface area contributed by atoms with Gasteiger partial charge in [-0.1, -0.05) is 6.92 Å². The summed E-state index contributed by atoms with van der Waals surface area (Å²) in [5.41, 5.74) is 0. The molecule has 1 aliphatic rings. The molecule has 10 heavy (non-hydrogen) atoms. The molecule has 1 fully saturated rings. The molecular weight excluding hydrogens is 131 g/mol. The minimum Gasteiger partial charge on any atom is -0.315 e. The van der Waals surface area contributed by atoms with E-state index in [9.17, 15) is 4.39 Å². The molecule has 2 unspecified atom stereocenters. The average molecular weight is 146 g/mol. The average Bonchev–Trinajstić information content (AvgIpc) is 2.36. The normalized spacial score (nSPS) is 33.0. The lowest BCUT2D eigenvalue weighted by molar-refractivity contribution is 0.330. The van der Waals surface area contributed by atoms with Crippen LogP contribution in [0.4, 0.5) is 4.39 Å². The predicted octanol–water partition coefficient (Wildman–Crippen LogP) is 0.153. The SMILES string of the molecule is CCNC1CNCC1CF. The third-order valence-corrected chi connectivity index (χ3v) is 2.00. The topological polar surface area (TPSA) is 24.1 Å². The Morgan fingerprint density at radius 2 is 2.40 bits per heavy atom. The second-order valence-electron chi connectivity index (χ2n) is 2.74. The molecule has 3 heteroatoms. The third kappa shape index (κ3) is 1.67. The lowest BCUT2D eigenvalue weighted by Gasteiger charge is -2.15. The van der Waals surface area contributed by atoms with Crippen molar-refractivity contribution in [3.63, 3.8) is 0 Å². The molecule has 0 bridgehead atoms.